The Morgan fingerprint density at radius 3 is 2.70 bits per heavy atom. The maximum atomic E-state index is 13.6. The van der Waals surface area contributed by atoms with Gasteiger partial charge >= 0.3 is 0 Å². The number of pyridine rings is 1. The van der Waals surface area contributed by atoms with E-state index in [1.54, 1.807) is 10.1 Å². The molecule has 5 aromatic rings. The summed E-state index contributed by atoms with van der Waals surface area (Å²) in [7, 11) is 0. The van der Waals surface area contributed by atoms with E-state index in [1.165, 1.54) is 17.7 Å². The Balaban J connectivity index is 1.71. The van der Waals surface area contributed by atoms with Gasteiger partial charge in [0.1, 0.15) is 16.7 Å². The molecular weight excluding hydrogens is 394 g/mol. The number of hydrogen-bond donors (Lipinski definition) is 1. The molecule has 7 heteroatoms. The first-order chi connectivity index (χ1) is 14.6. The molecule has 0 saturated heterocycles. The van der Waals surface area contributed by atoms with Crippen molar-refractivity contribution in [1.82, 2.24) is 19.5 Å². The molecule has 0 amide bonds. The van der Waals surface area contributed by atoms with E-state index >= 15 is 0 Å². The van der Waals surface area contributed by atoms with Gasteiger partial charge in [0.2, 0.25) is 0 Å². The Morgan fingerprint density at radius 2 is 1.87 bits per heavy atom. The van der Waals surface area contributed by atoms with Crippen molar-refractivity contribution in [2.45, 2.75) is 19.9 Å². The highest BCUT2D eigenvalue weighted by molar-refractivity contribution is 7.16. The molecule has 0 bridgehead atoms. The van der Waals surface area contributed by atoms with Crippen LogP contribution in [-0.2, 0) is 0 Å². The maximum absolute atomic E-state index is 13.6. The Kier molecular flexibility index (Phi) is 4.52. The van der Waals surface area contributed by atoms with Crippen molar-refractivity contribution in [3.05, 3.63) is 88.0 Å². The fourth-order valence-electron chi connectivity index (χ4n) is 3.80. The SMILES string of the molecule is Cc1cccc2cc([C@H](C)Nc3ncnc4scnc34)n(-c3ccccc3)c(=O)c12. The molecule has 0 aliphatic rings. The Morgan fingerprint density at radius 1 is 1.03 bits per heavy atom. The fraction of sp³-hybridized carbons (Fsp3) is 0.130. The predicted octanol–water partition coefficient (Wildman–Crippen LogP) is 4.87. The van der Waals surface area contributed by atoms with Crippen LogP contribution in [0.4, 0.5) is 5.82 Å². The topological polar surface area (TPSA) is 72.7 Å². The molecule has 0 unspecified atom stereocenters. The van der Waals surface area contributed by atoms with E-state index < -0.39 is 0 Å². The lowest BCUT2D eigenvalue weighted by atomic mass is 10.0. The summed E-state index contributed by atoms with van der Waals surface area (Å²) in [6.45, 7) is 4.00. The number of aromatic nitrogens is 4. The van der Waals surface area contributed by atoms with Crippen molar-refractivity contribution < 1.29 is 0 Å². The third kappa shape index (κ3) is 3.04. The van der Waals surface area contributed by atoms with Gasteiger partial charge in [0.05, 0.1) is 16.9 Å². The second-order valence-electron chi connectivity index (χ2n) is 7.18. The van der Waals surface area contributed by atoms with E-state index in [0.29, 0.717) is 5.82 Å². The fourth-order valence-corrected chi connectivity index (χ4v) is 4.42. The number of para-hydroxylation sites is 1. The number of benzene rings is 2. The molecule has 30 heavy (non-hydrogen) atoms. The summed E-state index contributed by atoms with van der Waals surface area (Å²) in [6, 6.07) is 17.5. The van der Waals surface area contributed by atoms with Crippen LogP contribution in [0.15, 0.2) is 71.2 Å². The van der Waals surface area contributed by atoms with Crippen LogP contribution in [0.1, 0.15) is 24.2 Å². The second-order valence-corrected chi connectivity index (χ2v) is 8.01. The third-order valence-corrected chi connectivity index (χ3v) is 5.96. The Hall–Kier alpha value is -3.58. The number of aryl methyl sites for hydroxylation is 1. The van der Waals surface area contributed by atoms with E-state index in [1.807, 2.05) is 62.4 Å². The molecule has 0 aliphatic carbocycles. The van der Waals surface area contributed by atoms with Crippen LogP contribution in [0.25, 0.3) is 26.8 Å². The molecule has 0 fully saturated rings. The largest absolute Gasteiger partial charge is 0.360 e. The van der Waals surface area contributed by atoms with E-state index in [0.717, 1.165) is 38.1 Å². The third-order valence-electron chi connectivity index (χ3n) is 5.23. The summed E-state index contributed by atoms with van der Waals surface area (Å²) in [4.78, 5) is 27.5. The van der Waals surface area contributed by atoms with Gasteiger partial charge in [-0.2, -0.15) is 0 Å². The number of hydrogen-bond acceptors (Lipinski definition) is 6. The zero-order chi connectivity index (χ0) is 20.7. The first kappa shape index (κ1) is 18.4. The highest BCUT2D eigenvalue weighted by atomic mass is 32.1. The van der Waals surface area contributed by atoms with Crippen molar-refractivity contribution in [2.24, 2.45) is 0 Å². The zero-order valence-electron chi connectivity index (χ0n) is 16.5. The van der Waals surface area contributed by atoms with Crippen molar-refractivity contribution in [3.63, 3.8) is 0 Å². The van der Waals surface area contributed by atoms with Crippen molar-refractivity contribution in [3.8, 4) is 5.69 Å². The lowest BCUT2D eigenvalue weighted by Gasteiger charge is -2.21. The molecule has 2 aromatic carbocycles. The molecule has 0 spiro atoms. The number of nitrogens with one attached hydrogen (secondary N) is 1. The maximum Gasteiger partial charge on any atom is 0.263 e. The minimum Gasteiger partial charge on any atom is -0.360 e. The van der Waals surface area contributed by atoms with Crippen LogP contribution in [0.2, 0.25) is 0 Å². The smallest absolute Gasteiger partial charge is 0.263 e. The van der Waals surface area contributed by atoms with E-state index in [4.69, 9.17) is 0 Å². The van der Waals surface area contributed by atoms with Gasteiger partial charge in [-0.25, -0.2) is 15.0 Å². The van der Waals surface area contributed by atoms with Crippen molar-refractivity contribution >= 4 is 38.3 Å². The highest BCUT2D eigenvalue weighted by Crippen LogP contribution is 2.27. The average Bonchev–Trinajstić information content (AvgIpc) is 3.24. The van der Waals surface area contributed by atoms with Gasteiger partial charge in [-0.15, -0.1) is 11.3 Å². The number of rotatable bonds is 4. The number of nitrogens with zero attached hydrogens (tertiary/aromatic N) is 4. The van der Waals surface area contributed by atoms with Crippen molar-refractivity contribution in [1.29, 1.82) is 0 Å². The van der Waals surface area contributed by atoms with E-state index in [2.05, 4.69) is 26.3 Å². The quantitative estimate of drug-likeness (QED) is 0.455. The van der Waals surface area contributed by atoms with E-state index in [9.17, 15) is 4.79 Å². The monoisotopic (exact) mass is 413 g/mol. The van der Waals surface area contributed by atoms with Crippen molar-refractivity contribution in [2.75, 3.05) is 5.32 Å². The standard InChI is InChI=1S/C23H19N5OS/c1-14-7-6-8-16-11-18(28(23(29)19(14)16)17-9-4-3-5-10-17)15(2)27-21-20-22(25-12-24-21)30-13-26-20/h3-13,15H,1-2H3,(H,24,25,27)/t15-/m0/s1. The van der Waals surface area contributed by atoms with E-state index in [-0.39, 0.29) is 11.6 Å². The summed E-state index contributed by atoms with van der Waals surface area (Å²) in [5.41, 5.74) is 5.12. The Labute approximate surface area is 176 Å². The summed E-state index contributed by atoms with van der Waals surface area (Å²) in [6.07, 6.45) is 1.53. The van der Waals surface area contributed by atoms with Gasteiger partial charge in [-0.3, -0.25) is 9.36 Å². The van der Waals surface area contributed by atoms with Crippen LogP contribution >= 0.6 is 11.3 Å². The average molecular weight is 414 g/mol. The van der Waals surface area contributed by atoms with Gasteiger partial charge in [0, 0.05) is 11.4 Å². The number of thiazole rings is 1. The van der Waals surface area contributed by atoms with Crippen LogP contribution in [-0.4, -0.2) is 19.5 Å². The molecule has 3 aromatic heterocycles. The number of fused-ring (bicyclic) bond motifs is 2. The molecule has 0 saturated carbocycles. The molecule has 3 heterocycles. The molecule has 5 rings (SSSR count). The highest BCUT2D eigenvalue weighted by Gasteiger charge is 2.18. The molecule has 1 N–H and O–H groups in total. The summed E-state index contributed by atoms with van der Waals surface area (Å²) >= 11 is 1.47. The normalized spacial score (nSPS) is 12.3. The summed E-state index contributed by atoms with van der Waals surface area (Å²) in [5.74, 6) is 0.658. The second kappa shape index (κ2) is 7.35. The molecule has 148 valence electrons. The first-order valence-electron chi connectivity index (χ1n) is 9.65. The van der Waals surface area contributed by atoms with Crippen LogP contribution in [0.5, 0.6) is 0 Å². The van der Waals surface area contributed by atoms with Gasteiger partial charge in [-0.1, -0.05) is 36.4 Å². The van der Waals surface area contributed by atoms with Gasteiger partial charge in [-0.05, 0) is 43.0 Å². The van der Waals surface area contributed by atoms with Crippen LogP contribution in [0, 0.1) is 6.92 Å². The lowest BCUT2D eigenvalue weighted by Crippen LogP contribution is -2.26. The van der Waals surface area contributed by atoms with Gasteiger partial charge < -0.3 is 5.32 Å². The number of anilines is 1. The summed E-state index contributed by atoms with van der Waals surface area (Å²) in [5, 5.41) is 5.10. The first-order valence-corrected chi connectivity index (χ1v) is 10.5. The molecule has 1 atom stereocenters. The zero-order valence-corrected chi connectivity index (χ0v) is 17.4. The van der Waals surface area contributed by atoms with Crippen LogP contribution < -0.4 is 10.9 Å². The molecular formula is C23H19N5OS. The van der Waals surface area contributed by atoms with Crippen LogP contribution in [0.3, 0.4) is 0 Å². The van der Waals surface area contributed by atoms with Gasteiger partial charge in [0.25, 0.3) is 5.56 Å². The molecule has 0 radical (unpaired) electrons. The minimum atomic E-state index is -0.192. The summed E-state index contributed by atoms with van der Waals surface area (Å²) < 4.78 is 1.78. The Bertz CT molecular complexity index is 1420. The minimum absolute atomic E-state index is 0.0260. The molecule has 6 nitrogen and oxygen atoms in total. The predicted molar refractivity (Wildman–Crippen MR) is 122 cm³/mol. The molecule has 0 aliphatic heterocycles. The van der Waals surface area contributed by atoms with Gasteiger partial charge in [0.15, 0.2) is 5.82 Å². The lowest BCUT2D eigenvalue weighted by molar-refractivity contribution is 0.774.